The summed E-state index contributed by atoms with van der Waals surface area (Å²) < 4.78 is 29.9. The van der Waals surface area contributed by atoms with Crippen molar-refractivity contribution in [3.63, 3.8) is 0 Å². The van der Waals surface area contributed by atoms with Gasteiger partial charge in [0, 0.05) is 25.2 Å². The second kappa shape index (κ2) is 6.17. The van der Waals surface area contributed by atoms with Gasteiger partial charge in [0.15, 0.2) is 0 Å². The molecule has 0 N–H and O–H groups in total. The molecule has 1 fully saturated rings. The van der Waals surface area contributed by atoms with Gasteiger partial charge >= 0.3 is 0 Å². The molecule has 0 aromatic heterocycles. The molecule has 9 heteroatoms. The molecule has 0 radical (unpaired) electrons. The molecule has 1 aromatic rings. The number of hydrogen-bond donors (Lipinski definition) is 0. The minimum absolute atomic E-state index is 0.0979. The lowest BCUT2D eigenvalue weighted by atomic mass is 10.1. The third-order valence-corrected chi connectivity index (χ3v) is 4.89. The van der Waals surface area contributed by atoms with E-state index in [1.807, 2.05) is 0 Å². The maximum Gasteiger partial charge on any atom is 0.271 e. The SMILES string of the molecule is CS(=O)(=O)N1CCC(Oc2ccc([N+](=O)[O-])cc2Cl)CC1. The summed E-state index contributed by atoms with van der Waals surface area (Å²) in [4.78, 5) is 10.1. The number of nitrogens with zero attached hydrogens (tertiary/aromatic N) is 2. The number of hydrogen-bond acceptors (Lipinski definition) is 5. The van der Waals surface area contributed by atoms with Crippen molar-refractivity contribution in [3.05, 3.63) is 33.3 Å². The number of non-ortho nitro benzene ring substituents is 1. The molecule has 1 saturated heterocycles. The molecular weight excluding hydrogens is 320 g/mol. The summed E-state index contributed by atoms with van der Waals surface area (Å²) in [5.41, 5.74) is -0.0979. The summed E-state index contributed by atoms with van der Waals surface area (Å²) in [5.74, 6) is 0.375. The Morgan fingerprint density at radius 3 is 2.48 bits per heavy atom. The largest absolute Gasteiger partial charge is 0.489 e. The van der Waals surface area contributed by atoms with Gasteiger partial charge in [-0.25, -0.2) is 12.7 Å². The van der Waals surface area contributed by atoms with E-state index in [-0.39, 0.29) is 16.8 Å². The van der Waals surface area contributed by atoms with E-state index in [2.05, 4.69) is 0 Å². The summed E-state index contributed by atoms with van der Waals surface area (Å²) in [5, 5.41) is 10.8. The van der Waals surface area contributed by atoms with Gasteiger partial charge < -0.3 is 4.74 Å². The Kier molecular flexibility index (Phi) is 4.70. The quantitative estimate of drug-likeness (QED) is 0.621. The van der Waals surface area contributed by atoms with Gasteiger partial charge in [0.25, 0.3) is 5.69 Å². The molecule has 0 atom stereocenters. The number of nitro groups is 1. The van der Waals surface area contributed by atoms with Gasteiger partial charge in [-0.15, -0.1) is 0 Å². The fourth-order valence-electron chi connectivity index (χ4n) is 2.16. The van der Waals surface area contributed by atoms with E-state index in [0.29, 0.717) is 31.7 Å². The second-order valence-corrected chi connectivity index (χ2v) is 7.24. The molecule has 0 unspecified atom stereocenters. The predicted molar refractivity (Wildman–Crippen MR) is 78.2 cm³/mol. The average molecular weight is 335 g/mol. The Labute approximate surface area is 127 Å². The number of rotatable bonds is 4. The number of halogens is 1. The maximum absolute atomic E-state index is 11.4. The molecule has 0 saturated carbocycles. The molecule has 116 valence electrons. The Bertz CT molecular complexity index is 641. The van der Waals surface area contributed by atoms with E-state index in [4.69, 9.17) is 16.3 Å². The minimum Gasteiger partial charge on any atom is -0.489 e. The monoisotopic (exact) mass is 334 g/mol. The Morgan fingerprint density at radius 2 is 2.00 bits per heavy atom. The lowest BCUT2D eigenvalue weighted by Gasteiger charge is -2.30. The van der Waals surface area contributed by atoms with Crippen LogP contribution in [0.1, 0.15) is 12.8 Å². The first-order valence-electron chi connectivity index (χ1n) is 6.33. The highest BCUT2D eigenvalue weighted by Crippen LogP contribution is 2.31. The average Bonchev–Trinajstić information content (AvgIpc) is 2.40. The molecule has 1 aromatic carbocycles. The highest BCUT2D eigenvalue weighted by molar-refractivity contribution is 7.88. The molecule has 1 aliphatic rings. The fraction of sp³-hybridized carbons (Fsp3) is 0.500. The third-order valence-electron chi connectivity index (χ3n) is 3.29. The minimum atomic E-state index is -3.17. The van der Waals surface area contributed by atoms with Gasteiger partial charge in [-0.3, -0.25) is 10.1 Å². The van der Waals surface area contributed by atoms with Crippen LogP contribution in [0.2, 0.25) is 5.02 Å². The maximum atomic E-state index is 11.4. The van der Waals surface area contributed by atoms with Crippen molar-refractivity contribution in [1.82, 2.24) is 4.31 Å². The third kappa shape index (κ3) is 4.05. The van der Waals surface area contributed by atoms with Gasteiger partial charge in [0.2, 0.25) is 10.0 Å². The van der Waals surface area contributed by atoms with Crippen LogP contribution in [-0.2, 0) is 10.0 Å². The molecule has 0 aliphatic carbocycles. The molecule has 2 rings (SSSR count). The van der Waals surface area contributed by atoms with Crippen molar-refractivity contribution in [3.8, 4) is 5.75 Å². The van der Waals surface area contributed by atoms with Crippen LogP contribution in [0.4, 0.5) is 5.69 Å². The van der Waals surface area contributed by atoms with E-state index in [0.717, 1.165) is 0 Å². The number of benzene rings is 1. The van der Waals surface area contributed by atoms with E-state index in [1.165, 1.54) is 28.8 Å². The van der Waals surface area contributed by atoms with Crippen LogP contribution in [-0.4, -0.2) is 43.1 Å². The Balaban J connectivity index is 1.99. The first-order chi connectivity index (χ1) is 9.77. The molecular formula is C12H15ClN2O5S. The van der Waals surface area contributed by atoms with E-state index < -0.39 is 14.9 Å². The van der Waals surface area contributed by atoms with Crippen LogP contribution in [0.3, 0.4) is 0 Å². The number of nitro benzene ring substituents is 1. The van der Waals surface area contributed by atoms with Crippen LogP contribution in [0.15, 0.2) is 18.2 Å². The highest BCUT2D eigenvalue weighted by atomic mass is 35.5. The predicted octanol–water partition coefficient (Wildman–Crippen LogP) is 2.05. The number of ether oxygens (including phenoxy) is 1. The highest BCUT2D eigenvalue weighted by Gasteiger charge is 2.26. The van der Waals surface area contributed by atoms with Crippen molar-refractivity contribution in [2.75, 3.05) is 19.3 Å². The summed E-state index contributed by atoms with van der Waals surface area (Å²) in [6, 6.07) is 4.03. The first kappa shape index (κ1) is 16.0. The van der Waals surface area contributed by atoms with Crippen LogP contribution >= 0.6 is 11.6 Å². The second-order valence-electron chi connectivity index (χ2n) is 4.85. The van der Waals surface area contributed by atoms with Gasteiger partial charge in [-0.05, 0) is 18.9 Å². The van der Waals surface area contributed by atoms with Crippen molar-refractivity contribution in [2.24, 2.45) is 0 Å². The van der Waals surface area contributed by atoms with Crippen LogP contribution < -0.4 is 4.74 Å². The van der Waals surface area contributed by atoms with E-state index in [9.17, 15) is 18.5 Å². The molecule has 0 spiro atoms. The van der Waals surface area contributed by atoms with E-state index in [1.54, 1.807) is 0 Å². The van der Waals surface area contributed by atoms with Crippen LogP contribution in [0.5, 0.6) is 5.75 Å². The van der Waals surface area contributed by atoms with Crippen LogP contribution in [0.25, 0.3) is 0 Å². The van der Waals surface area contributed by atoms with Gasteiger partial charge in [0.1, 0.15) is 11.9 Å². The summed E-state index contributed by atoms with van der Waals surface area (Å²) in [7, 11) is -3.17. The van der Waals surface area contributed by atoms with Gasteiger partial charge in [-0.2, -0.15) is 0 Å². The Morgan fingerprint density at radius 1 is 1.38 bits per heavy atom. The van der Waals surface area contributed by atoms with Crippen molar-refractivity contribution >= 4 is 27.3 Å². The Hall–Kier alpha value is -1.38. The normalized spacial score (nSPS) is 17.6. The van der Waals surface area contributed by atoms with Gasteiger partial charge in [0.05, 0.1) is 16.2 Å². The molecule has 1 heterocycles. The van der Waals surface area contributed by atoms with Crippen LogP contribution in [0, 0.1) is 10.1 Å². The lowest BCUT2D eigenvalue weighted by molar-refractivity contribution is -0.384. The lowest BCUT2D eigenvalue weighted by Crippen LogP contribution is -2.41. The zero-order chi connectivity index (χ0) is 15.6. The van der Waals surface area contributed by atoms with Crippen molar-refractivity contribution in [1.29, 1.82) is 0 Å². The van der Waals surface area contributed by atoms with Crippen molar-refractivity contribution < 1.29 is 18.1 Å². The fourth-order valence-corrected chi connectivity index (χ4v) is 3.25. The zero-order valence-corrected chi connectivity index (χ0v) is 12.9. The molecule has 0 amide bonds. The molecule has 0 bridgehead atoms. The molecule has 7 nitrogen and oxygen atoms in total. The van der Waals surface area contributed by atoms with E-state index >= 15 is 0 Å². The summed E-state index contributed by atoms with van der Waals surface area (Å²) >= 11 is 5.96. The standard InChI is InChI=1S/C12H15ClN2O5S/c1-21(18,19)14-6-4-10(5-7-14)20-12-3-2-9(15(16)17)8-11(12)13/h2-3,8,10H,4-7H2,1H3. The topological polar surface area (TPSA) is 89.8 Å². The summed E-state index contributed by atoms with van der Waals surface area (Å²) in [6.45, 7) is 0.794. The zero-order valence-electron chi connectivity index (χ0n) is 11.4. The number of sulfonamides is 1. The smallest absolute Gasteiger partial charge is 0.271 e. The molecule has 1 aliphatic heterocycles. The van der Waals surface area contributed by atoms with Crippen molar-refractivity contribution in [2.45, 2.75) is 18.9 Å². The molecule has 21 heavy (non-hydrogen) atoms. The first-order valence-corrected chi connectivity index (χ1v) is 8.55. The number of piperidine rings is 1. The van der Waals surface area contributed by atoms with Gasteiger partial charge in [-0.1, -0.05) is 11.6 Å². The summed E-state index contributed by atoms with van der Waals surface area (Å²) in [6.07, 6.45) is 2.14.